The highest BCUT2D eigenvalue weighted by molar-refractivity contribution is 6.30. The van der Waals surface area contributed by atoms with Crippen LogP contribution in [0.3, 0.4) is 0 Å². The van der Waals surface area contributed by atoms with Crippen molar-refractivity contribution in [3.63, 3.8) is 0 Å². The van der Waals surface area contributed by atoms with E-state index in [4.69, 9.17) is 23.2 Å². The first-order chi connectivity index (χ1) is 19.3. The van der Waals surface area contributed by atoms with Gasteiger partial charge >= 0.3 is 0 Å². The number of piperidine rings is 1. The molecule has 5 nitrogen and oxygen atoms in total. The fraction of sp³-hybridized carbons (Fsp3) is 0.375. The summed E-state index contributed by atoms with van der Waals surface area (Å²) >= 11 is 12.1. The van der Waals surface area contributed by atoms with E-state index in [1.807, 2.05) is 37.3 Å². The van der Waals surface area contributed by atoms with Gasteiger partial charge in [0, 0.05) is 23.0 Å². The average molecular weight is 585 g/mol. The van der Waals surface area contributed by atoms with Crippen LogP contribution in [0.5, 0.6) is 0 Å². The van der Waals surface area contributed by atoms with Crippen LogP contribution in [0, 0.1) is 5.82 Å². The molecule has 1 fully saturated rings. The number of nitrogens with zero attached hydrogens (tertiary/aromatic N) is 1. The zero-order valence-corrected chi connectivity index (χ0v) is 24.3. The molecule has 1 aliphatic rings. The average Bonchev–Trinajstić information content (AvgIpc) is 2.95. The van der Waals surface area contributed by atoms with Gasteiger partial charge in [0.2, 0.25) is 11.8 Å². The third-order valence-electron chi connectivity index (χ3n) is 7.42. The number of rotatable bonds is 11. The summed E-state index contributed by atoms with van der Waals surface area (Å²) in [6.07, 6.45) is 3.88. The molecule has 1 aliphatic heterocycles. The van der Waals surface area contributed by atoms with Crippen LogP contribution in [0.25, 0.3) is 0 Å². The monoisotopic (exact) mass is 583 g/mol. The highest BCUT2D eigenvalue weighted by Gasteiger charge is 2.24. The number of hydrogen-bond acceptors (Lipinski definition) is 3. The Kier molecular flexibility index (Phi) is 11.0. The molecule has 0 aromatic heterocycles. The zero-order chi connectivity index (χ0) is 28.5. The Hall–Kier alpha value is -2.93. The number of benzene rings is 3. The van der Waals surface area contributed by atoms with E-state index in [9.17, 15) is 14.0 Å². The molecule has 0 aliphatic carbocycles. The number of nitrogens with one attached hydrogen (secondary N) is 2. The Bertz CT molecular complexity index is 1230. The highest BCUT2D eigenvalue weighted by atomic mass is 35.5. The maximum atomic E-state index is 14.2. The minimum absolute atomic E-state index is 0.0542. The second kappa shape index (κ2) is 14.6. The molecule has 2 amide bonds. The van der Waals surface area contributed by atoms with Gasteiger partial charge in [-0.2, -0.15) is 0 Å². The maximum absolute atomic E-state index is 14.2. The van der Waals surface area contributed by atoms with E-state index in [0.29, 0.717) is 28.9 Å². The SMILES string of the molecule is CCCC(=O)Nc1cc(C2CCN(CCCNC(=O)C(c3ccc(Cl)cc3)c3ccc(Cl)cc3)CC2)ccc1F. The van der Waals surface area contributed by atoms with Crippen molar-refractivity contribution in [3.05, 3.63) is 99.3 Å². The molecule has 2 N–H and O–H groups in total. The lowest BCUT2D eigenvalue weighted by Gasteiger charge is -2.32. The third-order valence-corrected chi connectivity index (χ3v) is 7.92. The predicted octanol–water partition coefficient (Wildman–Crippen LogP) is 7.39. The molecule has 0 atom stereocenters. The molecular formula is C32H36Cl2FN3O2. The van der Waals surface area contributed by atoms with Crippen molar-refractivity contribution in [3.8, 4) is 0 Å². The molecule has 212 valence electrons. The fourth-order valence-corrected chi connectivity index (χ4v) is 5.50. The molecular weight excluding hydrogens is 548 g/mol. The van der Waals surface area contributed by atoms with E-state index in [1.165, 1.54) is 6.07 Å². The molecule has 0 unspecified atom stereocenters. The summed E-state index contributed by atoms with van der Waals surface area (Å²) in [7, 11) is 0. The molecule has 3 aromatic carbocycles. The lowest BCUT2D eigenvalue weighted by Crippen LogP contribution is -2.36. The number of carbonyl (C=O) groups excluding carboxylic acids is 2. The smallest absolute Gasteiger partial charge is 0.232 e. The second-order valence-corrected chi connectivity index (χ2v) is 11.2. The summed E-state index contributed by atoms with van der Waals surface area (Å²) in [6.45, 7) is 5.27. The van der Waals surface area contributed by atoms with Gasteiger partial charge in [-0.25, -0.2) is 4.39 Å². The lowest BCUT2D eigenvalue weighted by atomic mass is 9.89. The maximum Gasteiger partial charge on any atom is 0.232 e. The Morgan fingerprint density at radius 1 is 0.950 bits per heavy atom. The van der Waals surface area contributed by atoms with Gasteiger partial charge < -0.3 is 15.5 Å². The van der Waals surface area contributed by atoms with E-state index in [1.54, 1.807) is 30.3 Å². The fourth-order valence-electron chi connectivity index (χ4n) is 5.24. The van der Waals surface area contributed by atoms with Gasteiger partial charge in [-0.1, -0.05) is 60.5 Å². The van der Waals surface area contributed by atoms with Crippen LogP contribution in [0.4, 0.5) is 10.1 Å². The van der Waals surface area contributed by atoms with Gasteiger partial charge in [-0.3, -0.25) is 9.59 Å². The zero-order valence-electron chi connectivity index (χ0n) is 22.8. The molecule has 8 heteroatoms. The third kappa shape index (κ3) is 8.29. The van der Waals surface area contributed by atoms with Gasteiger partial charge in [-0.15, -0.1) is 0 Å². The summed E-state index contributed by atoms with van der Waals surface area (Å²) in [5.41, 5.74) is 3.08. The molecule has 40 heavy (non-hydrogen) atoms. The normalized spacial score (nSPS) is 14.3. The quantitative estimate of drug-likeness (QED) is 0.231. The molecule has 4 rings (SSSR count). The summed E-state index contributed by atoms with van der Waals surface area (Å²) in [6, 6.07) is 19.8. The standard InChI is InChI=1S/C32H36Cl2FN3O2/c1-2-4-30(39)37-29-21-25(9-14-28(29)35)22-15-19-38(20-16-22)18-3-17-36-32(40)31(23-5-10-26(33)11-6-23)24-7-12-27(34)13-8-24/h5-14,21-22,31H,2-4,15-20H2,1H3,(H,36,40)(H,37,39). The van der Waals surface area contributed by atoms with E-state index in [-0.39, 0.29) is 17.5 Å². The number of halogens is 3. The molecule has 1 saturated heterocycles. The Morgan fingerprint density at radius 3 is 2.12 bits per heavy atom. The van der Waals surface area contributed by atoms with Crippen LogP contribution in [-0.2, 0) is 9.59 Å². The highest BCUT2D eigenvalue weighted by Crippen LogP contribution is 2.31. The Morgan fingerprint density at radius 2 is 1.55 bits per heavy atom. The predicted molar refractivity (Wildman–Crippen MR) is 161 cm³/mol. The van der Waals surface area contributed by atoms with Crippen molar-refractivity contribution >= 4 is 40.7 Å². The Balaban J connectivity index is 1.26. The van der Waals surface area contributed by atoms with Crippen molar-refractivity contribution in [1.82, 2.24) is 10.2 Å². The first-order valence-electron chi connectivity index (χ1n) is 13.9. The number of likely N-dealkylation sites (tertiary alicyclic amines) is 1. The van der Waals surface area contributed by atoms with Crippen molar-refractivity contribution in [1.29, 1.82) is 0 Å². The summed E-state index contributed by atoms with van der Waals surface area (Å²) < 4.78 is 14.2. The van der Waals surface area contributed by atoms with Gasteiger partial charge in [0.05, 0.1) is 11.6 Å². The van der Waals surface area contributed by atoms with Gasteiger partial charge in [-0.05, 0) is 104 Å². The second-order valence-electron chi connectivity index (χ2n) is 10.3. The number of anilines is 1. The lowest BCUT2D eigenvalue weighted by molar-refractivity contribution is -0.121. The van der Waals surface area contributed by atoms with Crippen LogP contribution in [0.2, 0.25) is 10.0 Å². The summed E-state index contributed by atoms with van der Waals surface area (Å²) in [5, 5.41) is 7.08. The van der Waals surface area contributed by atoms with Gasteiger partial charge in [0.1, 0.15) is 5.82 Å². The van der Waals surface area contributed by atoms with E-state index in [2.05, 4.69) is 15.5 Å². The molecule has 0 bridgehead atoms. The van der Waals surface area contributed by atoms with Crippen LogP contribution >= 0.6 is 23.2 Å². The van der Waals surface area contributed by atoms with Crippen LogP contribution in [-0.4, -0.2) is 42.9 Å². The van der Waals surface area contributed by atoms with Crippen molar-refractivity contribution < 1.29 is 14.0 Å². The minimum atomic E-state index is -0.447. The van der Waals surface area contributed by atoms with Crippen molar-refractivity contribution in [2.75, 3.05) is 31.5 Å². The number of hydrogen-bond donors (Lipinski definition) is 2. The molecule has 0 saturated carbocycles. The van der Waals surface area contributed by atoms with Crippen LogP contribution < -0.4 is 10.6 Å². The largest absolute Gasteiger partial charge is 0.355 e. The number of carbonyl (C=O) groups is 2. The Labute approximate surface area is 246 Å². The van der Waals surface area contributed by atoms with Crippen molar-refractivity contribution in [2.45, 2.75) is 50.9 Å². The summed E-state index contributed by atoms with van der Waals surface area (Å²) in [5.74, 6) is -0.729. The molecule has 3 aromatic rings. The molecule has 1 heterocycles. The van der Waals surface area contributed by atoms with E-state index < -0.39 is 11.7 Å². The van der Waals surface area contributed by atoms with Crippen LogP contribution in [0.1, 0.15) is 67.6 Å². The van der Waals surface area contributed by atoms with E-state index in [0.717, 1.165) is 62.0 Å². The van der Waals surface area contributed by atoms with Crippen LogP contribution in [0.15, 0.2) is 66.7 Å². The van der Waals surface area contributed by atoms with Crippen molar-refractivity contribution in [2.24, 2.45) is 0 Å². The first kappa shape index (κ1) is 30.0. The number of amides is 2. The topological polar surface area (TPSA) is 61.4 Å². The minimum Gasteiger partial charge on any atom is -0.355 e. The molecule has 0 radical (unpaired) electrons. The first-order valence-corrected chi connectivity index (χ1v) is 14.7. The van der Waals surface area contributed by atoms with Gasteiger partial charge in [0.25, 0.3) is 0 Å². The molecule has 0 spiro atoms. The summed E-state index contributed by atoms with van der Waals surface area (Å²) in [4.78, 5) is 27.6. The van der Waals surface area contributed by atoms with Gasteiger partial charge in [0.15, 0.2) is 0 Å². The van der Waals surface area contributed by atoms with E-state index >= 15 is 0 Å².